The van der Waals surface area contributed by atoms with Crippen LogP contribution in [0.3, 0.4) is 0 Å². The molecule has 0 aliphatic carbocycles. The van der Waals surface area contributed by atoms with Gasteiger partial charge >= 0.3 is 0 Å². The van der Waals surface area contributed by atoms with Crippen LogP contribution in [-0.4, -0.2) is 0 Å². The number of hydrogen-bond donors (Lipinski definition) is 0. The largest absolute Gasteiger partial charge is 0.0646 e. The minimum atomic E-state index is 0.209. The molecule has 4 aromatic rings. The van der Waals surface area contributed by atoms with Gasteiger partial charge in [-0.15, -0.1) is 0 Å². The van der Waals surface area contributed by atoms with E-state index in [1.54, 1.807) is 0 Å². The molecule has 114 valence electrons. The van der Waals surface area contributed by atoms with E-state index in [9.17, 15) is 0 Å². The Labute approximate surface area is 137 Å². The summed E-state index contributed by atoms with van der Waals surface area (Å²) in [4.78, 5) is 0. The molecule has 23 heavy (non-hydrogen) atoms. The van der Waals surface area contributed by atoms with E-state index in [0.717, 1.165) is 6.42 Å². The van der Waals surface area contributed by atoms with Crippen molar-refractivity contribution in [2.45, 2.75) is 32.6 Å². The highest BCUT2D eigenvalue weighted by Crippen LogP contribution is 2.37. The third kappa shape index (κ3) is 2.13. The second-order valence-corrected chi connectivity index (χ2v) is 7.09. The van der Waals surface area contributed by atoms with Crippen molar-refractivity contribution in [1.82, 2.24) is 0 Å². The lowest BCUT2D eigenvalue weighted by Gasteiger charge is -2.24. The smallest absolute Gasteiger partial charge is 0.00960 e. The van der Waals surface area contributed by atoms with Gasteiger partial charge in [-0.05, 0) is 55.8 Å². The molecule has 0 spiro atoms. The topological polar surface area (TPSA) is 0 Å². The second kappa shape index (κ2) is 5.09. The molecule has 0 aromatic heterocycles. The third-order valence-electron chi connectivity index (χ3n) is 5.41. The van der Waals surface area contributed by atoms with E-state index in [-0.39, 0.29) is 5.41 Å². The van der Waals surface area contributed by atoms with Crippen LogP contribution in [0.15, 0.2) is 66.7 Å². The zero-order valence-electron chi connectivity index (χ0n) is 14.1. The normalized spacial score (nSPS) is 12.3. The van der Waals surface area contributed by atoms with Crippen LogP contribution in [0, 0.1) is 0 Å². The molecule has 0 saturated carbocycles. The summed E-state index contributed by atoms with van der Waals surface area (Å²) in [5, 5.41) is 8.13. The van der Waals surface area contributed by atoms with Crippen LogP contribution < -0.4 is 0 Å². The van der Waals surface area contributed by atoms with Crippen LogP contribution in [0.2, 0.25) is 0 Å². The Balaban J connectivity index is 2.21. The molecule has 0 aliphatic heterocycles. The fourth-order valence-corrected chi connectivity index (χ4v) is 3.53. The van der Waals surface area contributed by atoms with E-state index >= 15 is 0 Å². The lowest BCUT2D eigenvalue weighted by atomic mass is 9.80. The van der Waals surface area contributed by atoms with Crippen molar-refractivity contribution in [2.75, 3.05) is 0 Å². The summed E-state index contributed by atoms with van der Waals surface area (Å²) in [5.74, 6) is 0. The Hall–Kier alpha value is -2.34. The van der Waals surface area contributed by atoms with Crippen molar-refractivity contribution in [2.24, 2.45) is 0 Å². The van der Waals surface area contributed by atoms with Gasteiger partial charge in [0.25, 0.3) is 0 Å². The molecule has 0 amide bonds. The van der Waals surface area contributed by atoms with Crippen LogP contribution in [0.25, 0.3) is 32.3 Å². The fraction of sp³-hybridized carbons (Fsp3) is 0.217. The molecule has 0 heteroatoms. The van der Waals surface area contributed by atoms with Gasteiger partial charge in [-0.2, -0.15) is 0 Å². The predicted octanol–water partition coefficient (Wildman–Crippen LogP) is 6.83. The molecule has 0 heterocycles. The van der Waals surface area contributed by atoms with Gasteiger partial charge in [-0.25, -0.2) is 0 Å². The quantitative estimate of drug-likeness (QED) is 0.356. The molecule has 0 N–H and O–H groups in total. The molecular formula is C23H22. The molecule has 0 bridgehead atoms. The molecule has 0 nitrogen and oxygen atoms in total. The molecule has 0 saturated heterocycles. The Bertz CT molecular complexity index is 987. The minimum Gasteiger partial charge on any atom is -0.0646 e. The fourth-order valence-electron chi connectivity index (χ4n) is 3.53. The van der Waals surface area contributed by atoms with Gasteiger partial charge in [0.2, 0.25) is 0 Å². The van der Waals surface area contributed by atoms with Crippen LogP contribution in [0.1, 0.15) is 32.8 Å². The van der Waals surface area contributed by atoms with E-state index in [4.69, 9.17) is 0 Å². The third-order valence-corrected chi connectivity index (χ3v) is 5.41. The van der Waals surface area contributed by atoms with Crippen molar-refractivity contribution in [3.8, 4) is 0 Å². The highest BCUT2D eigenvalue weighted by molar-refractivity contribution is 6.25. The van der Waals surface area contributed by atoms with Crippen molar-refractivity contribution >= 4 is 32.3 Å². The lowest BCUT2D eigenvalue weighted by molar-refractivity contribution is 0.507. The maximum Gasteiger partial charge on any atom is -0.00960 e. The first-order valence-electron chi connectivity index (χ1n) is 8.45. The molecule has 0 unspecified atom stereocenters. The van der Waals surface area contributed by atoms with Crippen LogP contribution >= 0.6 is 0 Å². The van der Waals surface area contributed by atoms with Gasteiger partial charge in [0.05, 0.1) is 0 Å². The number of benzene rings is 4. The number of fused-ring (bicyclic) bond motifs is 6. The predicted molar refractivity (Wildman–Crippen MR) is 102 cm³/mol. The zero-order chi connectivity index (χ0) is 16.0. The number of rotatable bonds is 2. The highest BCUT2D eigenvalue weighted by Gasteiger charge is 2.19. The molecule has 4 rings (SSSR count). The van der Waals surface area contributed by atoms with Gasteiger partial charge in [-0.3, -0.25) is 0 Å². The molecular weight excluding hydrogens is 276 g/mol. The van der Waals surface area contributed by atoms with Crippen LogP contribution in [0.5, 0.6) is 0 Å². The van der Waals surface area contributed by atoms with E-state index in [1.807, 2.05) is 0 Å². The average Bonchev–Trinajstić information content (AvgIpc) is 2.61. The first-order chi connectivity index (χ1) is 11.1. The first kappa shape index (κ1) is 14.3. The zero-order valence-corrected chi connectivity index (χ0v) is 14.1. The Morgan fingerprint density at radius 2 is 1.04 bits per heavy atom. The summed E-state index contributed by atoms with van der Waals surface area (Å²) in [6.07, 6.45) is 1.14. The van der Waals surface area contributed by atoms with Crippen molar-refractivity contribution < 1.29 is 0 Å². The van der Waals surface area contributed by atoms with Gasteiger partial charge in [0, 0.05) is 0 Å². The summed E-state index contributed by atoms with van der Waals surface area (Å²) in [6.45, 7) is 6.93. The van der Waals surface area contributed by atoms with E-state index in [1.165, 1.54) is 37.9 Å². The van der Waals surface area contributed by atoms with E-state index in [0.29, 0.717) is 0 Å². The van der Waals surface area contributed by atoms with Crippen molar-refractivity contribution in [3.63, 3.8) is 0 Å². The van der Waals surface area contributed by atoms with Gasteiger partial charge in [-0.1, -0.05) is 81.4 Å². The standard InChI is InChI=1S/C23H22/c1-4-23(2,3)16-13-14-21-19-11-6-5-9-17(19)18-10-7-8-12-20(18)22(21)15-16/h5-15H,4H2,1-3H3. The lowest BCUT2D eigenvalue weighted by Crippen LogP contribution is -2.15. The van der Waals surface area contributed by atoms with Crippen LogP contribution in [0.4, 0.5) is 0 Å². The monoisotopic (exact) mass is 298 g/mol. The summed E-state index contributed by atoms with van der Waals surface area (Å²) in [5.41, 5.74) is 1.63. The second-order valence-electron chi connectivity index (χ2n) is 7.09. The molecule has 0 fully saturated rings. The maximum atomic E-state index is 2.41. The number of hydrogen-bond acceptors (Lipinski definition) is 0. The van der Waals surface area contributed by atoms with Crippen molar-refractivity contribution in [3.05, 3.63) is 72.3 Å². The van der Waals surface area contributed by atoms with Gasteiger partial charge in [0.15, 0.2) is 0 Å². The van der Waals surface area contributed by atoms with E-state index in [2.05, 4.69) is 87.5 Å². The average molecular weight is 298 g/mol. The molecule has 0 aliphatic rings. The Morgan fingerprint density at radius 3 is 1.52 bits per heavy atom. The molecule has 0 radical (unpaired) electrons. The highest BCUT2D eigenvalue weighted by atomic mass is 14.2. The van der Waals surface area contributed by atoms with Crippen molar-refractivity contribution in [1.29, 1.82) is 0 Å². The van der Waals surface area contributed by atoms with E-state index < -0.39 is 0 Å². The summed E-state index contributed by atoms with van der Waals surface area (Å²) >= 11 is 0. The summed E-state index contributed by atoms with van der Waals surface area (Å²) < 4.78 is 0. The van der Waals surface area contributed by atoms with Gasteiger partial charge < -0.3 is 0 Å². The minimum absolute atomic E-state index is 0.209. The molecule has 4 aromatic carbocycles. The molecule has 0 atom stereocenters. The SMILES string of the molecule is CCC(C)(C)c1ccc2c3ccccc3c3ccccc3c2c1. The van der Waals surface area contributed by atoms with Crippen LogP contribution in [-0.2, 0) is 5.41 Å². The first-order valence-corrected chi connectivity index (χ1v) is 8.45. The van der Waals surface area contributed by atoms with Gasteiger partial charge in [0.1, 0.15) is 0 Å². The maximum absolute atomic E-state index is 2.41. The summed E-state index contributed by atoms with van der Waals surface area (Å²) in [6, 6.07) is 24.6. The Morgan fingerprint density at radius 1 is 0.609 bits per heavy atom. The summed E-state index contributed by atoms with van der Waals surface area (Å²) in [7, 11) is 0. The Kier molecular flexibility index (Phi) is 3.16.